The van der Waals surface area contributed by atoms with E-state index in [-0.39, 0.29) is 18.0 Å². The summed E-state index contributed by atoms with van der Waals surface area (Å²) in [6.07, 6.45) is 6.47. The van der Waals surface area contributed by atoms with E-state index < -0.39 is 0 Å². The fraction of sp³-hybridized carbons (Fsp3) is 0.615. The van der Waals surface area contributed by atoms with Crippen molar-refractivity contribution in [2.45, 2.75) is 45.2 Å². The Labute approximate surface area is 108 Å². The van der Waals surface area contributed by atoms with Crippen molar-refractivity contribution in [2.75, 3.05) is 12.4 Å². The van der Waals surface area contributed by atoms with Crippen LogP contribution in [0.2, 0.25) is 0 Å². The molecule has 0 radical (unpaired) electrons. The van der Waals surface area contributed by atoms with Gasteiger partial charge in [-0.2, -0.15) is 0 Å². The summed E-state index contributed by atoms with van der Waals surface area (Å²) in [7, 11) is 1.77. The van der Waals surface area contributed by atoms with E-state index in [1.807, 2.05) is 4.90 Å². The third kappa shape index (κ3) is 2.44. The molecule has 2 atom stereocenters. The first kappa shape index (κ1) is 12.8. The molecule has 1 amide bonds. The Kier molecular flexibility index (Phi) is 3.79. The van der Waals surface area contributed by atoms with Gasteiger partial charge in [-0.25, -0.2) is 4.98 Å². The molecular formula is C13H20N4O. The molecule has 98 valence electrons. The van der Waals surface area contributed by atoms with Gasteiger partial charge < -0.3 is 10.2 Å². The Bertz CT molecular complexity index is 425. The zero-order valence-electron chi connectivity index (χ0n) is 11.2. The predicted octanol–water partition coefficient (Wildman–Crippen LogP) is 1.92. The van der Waals surface area contributed by atoms with Gasteiger partial charge in [0.15, 0.2) is 0 Å². The molecule has 0 saturated carbocycles. The van der Waals surface area contributed by atoms with Gasteiger partial charge in [0, 0.05) is 19.1 Å². The molecule has 2 rings (SSSR count). The number of nitrogens with one attached hydrogen (secondary N) is 1. The van der Waals surface area contributed by atoms with Gasteiger partial charge in [0.25, 0.3) is 5.91 Å². The van der Waals surface area contributed by atoms with Crippen molar-refractivity contribution >= 4 is 11.7 Å². The first-order valence-electron chi connectivity index (χ1n) is 6.46. The number of nitrogens with zero attached hydrogens (tertiary/aromatic N) is 3. The Hall–Kier alpha value is -1.65. The number of aromatic nitrogens is 2. The minimum absolute atomic E-state index is 0.0145. The van der Waals surface area contributed by atoms with E-state index in [1.165, 1.54) is 12.6 Å². The highest BCUT2D eigenvalue weighted by atomic mass is 16.2. The Morgan fingerprint density at radius 3 is 2.61 bits per heavy atom. The highest BCUT2D eigenvalue weighted by molar-refractivity contribution is 5.92. The summed E-state index contributed by atoms with van der Waals surface area (Å²) in [4.78, 5) is 22.7. The second kappa shape index (κ2) is 5.33. The third-order valence-electron chi connectivity index (χ3n) is 3.54. The fourth-order valence-electron chi connectivity index (χ4n) is 2.54. The van der Waals surface area contributed by atoms with Crippen LogP contribution < -0.4 is 5.32 Å². The van der Waals surface area contributed by atoms with Crippen molar-refractivity contribution in [3.63, 3.8) is 0 Å². The van der Waals surface area contributed by atoms with Crippen molar-refractivity contribution in [1.82, 2.24) is 14.9 Å². The van der Waals surface area contributed by atoms with Crippen LogP contribution in [0.15, 0.2) is 12.4 Å². The molecule has 1 aromatic heterocycles. The lowest BCUT2D eigenvalue weighted by Gasteiger charge is -2.38. The van der Waals surface area contributed by atoms with Crippen LogP contribution in [0.1, 0.15) is 43.6 Å². The minimum Gasteiger partial charge on any atom is -0.372 e. The maximum absolute atomic E-state index is 12.5. The lowest BCUT2D eigenvalue weighted by molar-refractivity contribution is 0.0504. The van der Waals surface area contributed by atoms with Crippen molar-refractivity contribution in [2.24, 2.45) is 0 Å². The molecule has 18 heavy (non-hydrogen) atoms. The first-order chi connectivity index (χ1) is 8.63. The number of likely N-dealkylation sites (tertiary alicyclic amines) is 1. The number of rotatable bonds is 2. The van der Waals surface area contributed by atoms with Gasteiger partial charge in [-0.3, -0.25) is 9.78 Å². The lowest BCUT2D eigenvalue weighted by Crippen LogP contribution is -2.47. The van der Waals surface area contributed by atoms with Crippen molar-refractivity contribution in [1.29, 1.82) is 0 Å². The van der Waals surface area contributed by atoms with E-state index in [1.54, 1.807) is 13.2 Å². The van der Waals surface area contributed by atoms with Gasteiger partial charge in [-0.1, -0.05) is 0 Å². The summed E-state index contributed by atoms with van der Waals surface area (Å²) in [5.41, 5.74) is 0.419. The number of anilines is 1. The summed E-state index contributed by atoms with van der Waals surface area (Å²) in [6, 6.07) is 0.558. The second-order valence-corrected chi connectivity index (χ2v) is 4.88. The van der Waals surface area contributed by atoms with E-state index in [2.05, 4.69) is 29.1 Å². The monoisotopic (exact) mass is 248 g/mol. The highest BCUT2D eigenvalue weighted by Gasteiger charge is 2.30. The number of carbonyl (C=O) groups is 1. The third-order valence-corrected chi connectivity index (χ3v) is 3.54. The van der Waals surface area contributed by atoms with Crippen LogP contribution in [0.25, 0.3) is 0 Å². The molecule has 0 bridgehead atoms. The van der Waals surface area contributed by atoms with Crippen LogP contribution in [0.5, 0.6) is 0 Å². The molecule has 0 spiro atoms. The molecule has 1 saturated heterocycles. The quantitative estimate of drug-likeness (QED) is 0.868. The molecule has 0 aliphatic carbocycles. The smallest absolute Gasteiger partial charge is 0.274 e. The first-order valence-corrected chi connectivity index (χ1v) is 6.46. The van der Waals surface area contributed by atoms with E-state index in [0.29, 0.717) is 11.5 Å². The molecule has 1 aliphatic heterocycles. The van der Waals surface area contributed by atoms with Gasteiger partial charge in [0.05, 0.1) is 12.4 Å². The van der Waals surface area contributed by atoms with Crippen LogP contribution in [0, 0.1) is 0 Å². The molecule has 0 aromatic carbocycles. The van der Waals surface area contributed by atoms with Crippen LogP contribution in [0.3, 0.4) is 0 Å². The lowest BCUT2D eigenvalue weighted by atomic mass is 9.97. The van der Waals surface area contributed by atoms with Crippen molar-refractivity contribution < 1.29 is 4.79 Å². The normalized spacial score (nSPS) is 23.8. The minimum atomic E-state index is -0.0145. The molecule has 2 unspecified atom stereocenters. The molecule has 5 heteroatoms. The summed E-state index contributed by atoms with van der Waals surface area (Å²) < 4.78 is 0. The van der Waals surface area contributed by atoms with Crippen LogP contribution >= 0.6 is 0 Å². The zero-order chi connectivity index (χ0) is 13.1. The molecule has 1 aromatic rings. The SMILES string of the molecule is CNc1cncc(C(=O)N2C(C)CCCC2C)n1. The predicted molar refractivity (Wildman–Crippen MR) is 70.5 cm³/mol. The summed E-state index contributed by atoms with van der Waals surface area (Å²) >= 11 is 0. The van der Waals surface area contributed by atoms with E-state index in [0.717, 1.165) is 12.8 Å². The fourth-order valence-corrected chi connectivity index (χ4v) is 2.54. The van der Waals surface area contributed by atoms with Gasteiger partial charge in [-0.05, 0) is 33.1 Å². The number of hydrogen-bond acceptors (Lipinski definition) is 4. The van der Waals surface area contributed by atoms with Crippen molar-refractivity contribution in [3.8, 4) is 0 Å². The number of piperidine rings is 1. The molecule has 1 fully saturated rings. The summed E-state index contributed by atoms with van der Waals surface area (Å²) in [6.45, 7) is 4.20. The Morgan fingerprint density at radius 2 is 2.00 bits per heavy atom. The zero-order valence-corrected chi connectivity index (χ0v) is 11.2. The molecule has 1 N–H and O–H groups in total. The topological polar surface area (TPSA) is 58.1 Å². The van der Waals surface area contributed by atoms with Gasteiger partial charge in [-0.15, -0.1) is 0 Å². The number of amides is 1. The Balaban J connectivity index is 2.23. The maximum atomic E-state index is 12.5. The van der Waals surface area contributed by atoms with Gasteiger partial charge >= 0.3 is 0 Å². The maximum Gasteiger partial charge on any atom is 0.274 e. The number of hydrogen-bond donors (Lipinski definition) is 1. The summed E-state index contributed by atoms with van der Waals surface area (Å²) in [5, 5.41) is 2.90. The standard InChI is InChI=1S/C13H20N4O/c1-9-5-4-6-10(2)17(9)13(18)11-7-15-8-12(14-3)16-11/h7-10H,4-6H2,1-3H3,(H,14,16). The molecule has 1 aliphatic rings. The van der Waals surface area contributed by atoms with E-state index in [4.69, 9.17) is 0 Å². The van der Waals surface area contributed by atoms with E-state index >= 15 is 0 Å². The largest absolute Gasteiger partial charge is 0.372 e. The van der Waals surface area contributed by atoms with Crippen molar-refractivity contribution in [3.05, 3.63) is 18.1 Å². The number of carbonyl (C=O) groups excluding carboxylic acids is 1. The Morgan fingerprint density at radius 1 is 1.33 bits per heavy atom. The molecular weight excluding hydrogens is 228 g/mol. The average molecular weight is 248 g/mol. The molecule has 5 nitrogen and oxygen atoms in total. The average Bonchev–Trinajstić information content (AvgIpc) is 2.38. The van der Waals surface area contributed by atoms with E-state index in [9.17, 15) is 4.79 Å². The van der Waals surface area contributed by atoms with Gasteiger partial charge in [0.2, 0.25) is 0 Å². The van der Waals surface area contributed by atoms with Crippen LogP contribution in [-0.4, -0.2) is 39.9 Å². The van der Waals surface area contributed by atoms with Crippen LogP contribution in [0.4, 0.5) is 5.82 Å². The highest BCUT2D eigenvalue weighted by Crippen LogP contribution is 2.24. The van der Waals surface area contributed by atoms with Gasteiger partial charge in [0.1, 0.15) is 11.5 Å². The molecule has 2 heterocycles. The van der Waals surface area contributed by atoms with Crippen LogP contribution in [-0.2, 0) is 0 Å². The second-order valence-electron chi connectivity index (χ2n) is 4.88. The summed E-state index contributed by atoms with van der Waals surface area (Å²) in [5.74, 6) is 0.609.